The van der Waals surface area contributed by atoms with E-state index in [9.17, 15) is 13.2 Å². The summed E-state index contributed by atoms with van der Waals surface area (Å²) in [7, 11) is -4.05. The minimum atomic E-state index is -4.05. The zero-order valence-electron chi connectivity index (χ0n) is 18.4. The summed E-state index contributed by atoms with van der Waals surface area (Å²) in [4.78, 5) is 13.1. The molecule has 3 aromatic rings. The Morgan fingerprint density at radius 3 is 2.24 bits per heavy atom. The van der Waals surface area contributed by atoms with Gasteiger partial charge in [0.05, 0.1) is 11.4 Å². The van der Waals surface area contributed by atoms with Gasteiger partial charge >= 0.3 is 0 Å². The van der Waals surface area contributed by atoms with Crippen molar-refractivity contribution in [2.45, 2.75) is 31.7 Å². The van der Waals surface area contributed by atoms with E-state index in [1.165, 1.54) is 30.3 Å². The van der Waals surface area contributed by atoms with Crippen LogP contribution in [-0.2, 0) is 27.8 Å². The zero-order valence-corrected chi connectivity index (χ0v) is 23.1. The summed E-state index contributed by atoms with van der Waals surface area (Å²) in [6, 6.07) is 14.4. The van der Waals surface area contributed by atoms with E-state index in [1.807, 2.05) is 26.0 Å². The number of sulfonamides is 1. The first-order valence-corrected chi connectivity index (χ1v) is 13.7. The third kappa shape index (κ3) is 6.53. The summed E-state index contributed by atoms with van der Waals surface area (Å²) in [5.41, 5.74) is 3.00. The number of halogens is 4. The minimum absolute atomic E-state index is 0.0175. The first-order valence-electron chi connectivity index (χ1n) is 10.3. The number of rotatable bonds is 8. The van der Waals surface area contributed by atoms with Crippen molar-refractivity contribution in [3.05, 3.63) is 90.8 Å². The van der Waals surface area contributed by atoms with Crippen LogP contribution in [0.2, 0.25) is 15.1 Å². The molecule has 0 aromatic heterocycles. The second kappa shape index (κ2) is 11.4. The summed E-state index contributed by atoms with van der Waals surface area (Å²) < 4.78 is 28.9. The van der Waals surface area contributed by atoms with Gasteiger partial charge in [0.1, 0.15) is 0 Å². The predicted octanol–water partition coefficient (Wildman–Crippen LogP) is 7.11. The third-order valence-electron chi connectivity index (χ3n) is 5.16. The first-order chi connectivity index (χ1) is 16.0. The second-order valence-corrected chi connectivity index (χ2v) is 11.8. The topological polar surface area (TPSA) is 66.5 Å². The molecule has 10 heteroatoms. The monoisotopic (exact) mass is 602 g/mol. The molecular formula is C24H22BrCl3N2O3S. The highest BCUT2D eigenvalue weighted by atomic mass is 79.9. The third-order valence-corrected chi connectivity index (χ3v) is 8.26. The van der Waals surface area contributed by atoms with Crippen LogP contribution < -0.4 is 5.32 Å². The number of amides is 1. The lowest BCUT2D eigenvalue weighted by Gasteiger charge is -2.23. The van der Waals surface area contributed by atoms with Crippen molar-refractivity contribution >= 4 is 72.4 Å². The Balaban J connectivity index is 1.95. The Morgan fingerprint density at radius 2 is 1.62 bits per heavy atom. The highest BCUT2D eigenvalue weighted by Crippen LogP contribution is 2.28. The molecule has 0 aliphatic carbocycles. The minimum Gasteiger partial charge on any atom is -0.324 e. The number of carbonyl (C=O) groups is 1. The van der Waals surface area contributed by atoms with E-state index in [-0.39, 0.29) is 11.4 Å². The molecule has 3 rings (SSSR count). The molecule has 0 atom stereocenters. The first kappa shape index (κ1) is 27.0. The van der Waals surface area contributed by atoms with Crippen molar-refractivity contribution < 1.29 is 13.2 Å². The number of nitrogens with zero attached hydrogens (tertiary/aromatic N) is 1. The summed E-state index contributed by atoms with van der Waals surface area (Å²) in [6.45, 7) is 3.34. The van der Waals surface area contributed by atoms with Gasteiger partial charge in [0, 0.05) is 31.8 Å². The van der Waals surface area contributed by atoms with Gasteiger partial charge in [-0.15, -0.1) is 0 Å². The number of hydrogen-bond donors (Lipinski definition) is 1. The molecule has 0 radical (unpaired) electrons. The molecular weight excluding hydrogens is 583 g/mol. The van der Waals surface area contributed by atoms with Gasteiger partial charge < -0.3 is 5.32 Å². The van der Waals surface area contributed by atoms with Gasteiger partial charge in [-0.3, -0.25) is 4.79 Å². The highest BCUT2D eigenvalue weighted by molar-refractivity contribution is 9.10. The van der Waals surface area contributed by atoms with Crippen molar-refractivity contribution in [2.75, 3.05) is 11.9 Å². The molecule has 0 bridgehead atoms. The molecule has 1 N–H and O–H groups in total. The maximum Gasteiger partial charge on any atom is 0.243 e. The molecule has 0 aliphatic heterocycles. The quantitative estimate of drug-likeness (QED) is 0.298. The van der Waals surface area contributed by atoms with Crippen LogP contribution in [0.25, 0.3) is 0 Å². The number of anilines is 1. The standard InChI is InChI=1S/C24H22BrCl3N2O3S/c1-3-16-11-18(25)10-15(2)24(16)29-23(31)14-30(13-17-4-5-20(27)12-22(17)28)34(32,33)21-8-6-19(26)7-9-21/h4-12H,3,13-14H2,1-2H3,(H,29,31). The van der Waals surface area contributed by atoms with Gasteiger partial charge in [0.25, 0.3) is 0 Å². The Hall–Kier alpha value is -1.61. The van der Waals surface area contributed by atoms with Crippen molar-refractivity contribution in [1.29, 1.82) is 0 Å². The molecule has 0 spiro atoms. The van der Waals surface area contributed by atoms with Crippen LogP contribution in [0, 0.1) is 6.92 Å². The van der Waals surface area contributed by atoms with Gasteiger partial charge in [0.15, 0.2) is 0 Å². The number of nitrogens with one attached hydrogen (secondary N) is 1. The van der Waals surface area contributed by atoms with E-state index in [0.29, 0.717) is 32.7 Å². The van der Waals surface area contributed by atoms with E-state index in [0.717, 1.165) is 19.9 Å². The van der Waals surface area contributed by atoms with Crippen LogP contribution >= 0.6 is 50.7 Å². The average Bonchev–Trinajstić information content (AvgIpc) is 2.76. The summed E-state index contributed by atoms with van der Waals surface area (Å²) in [6.07, 6.45) is 0.697. The van der Waals surface area contributed by atoms with Gasteiger partial charge in [-0.2, -0.15) is 4.31 Å². The normalized spacial score (nSPS) is 11.6. The lowest BCUT2D eigenvalue weighted by Crippen LogP contribution is -2.37. The van der Waals surface area contributed by atoms with Gasteiger partial charge in [-0.25, -0.2) is 8.42 Å². The van der Waals surface area contributed by atoms with Crippen LogP contribution in [0.1, 0.15) is 23.6 Å². The number of carbonyl (C=O) groups excluding carboxylic acids is 1. The van der Waals surface area contributed by atoms with Crippen molar-refractivity contribution in [3.8, 4) is 0 Å². The molecule has 0 heterocycles. The van der Waals surface area contributed by atoms with Crippen LogP contribution in [0.4, 0.5) is 5.69 Å². The van der Waals surface area contributed by atoms with Crippen LogP contribution in [-0.4, -0.2) is 25.2 Å². The summed E-state index contributed by atoms with van der Waals surface area (Å²) in [5, 5.41) is 4.03. The molecule has 0 saturated heterocycles. The Bertz CT molecular complexity index is 1320. The van der Waals surface area contributed by atoms with Crippen LogP contribution in [0.3, 0.4) is 0 Å². The predicted molar refractivity (Wildman–Crippen MR) is 142 cm³/mol. The highest BCUT2D eigenvalue weighted by Gasteiger charge is 2.28. The van der Waals surface area contributed by atoms with E-state index < -0.39 is 22.5 Å². The molecule has 180 valence electrons. The van der Waals surface area contributed by atoms with Crippen molar-refractivity contribution in [1.82, 2.24) is 4.31 Å². The maximum atomic E-state index is 13.5. The SMILES string of the molecule is CCc1cc(Br)cc(C)c1NC(=O)CN(Cc1ccc(Cl)cc1Cl)S(=O)(=O)c1ccc(Cl)cc1. The largest absolute Gasteiger partial charge is 0.324 e. The molecule has 34 heavy (non-hydrogen) atoms. The molecule has 3 aromatic carbocycles. The molecule has 0 saturated carbocycles. The Labute approximate surface area is 223 Å². The van der Waals surface area contributed by atoms with Gasteiger partial charge in [0.2, 0.25) is 15.9 Å². The summed E-state index contributed by atoms with van der Waals surface area (Å²) in [5.74, 6) is -0.470. The fraction of sp³-hybridized carbons (Fsp3) is 0.208. The van der Waals surface area contributed by atoms with E-state index >= 15 is 0 Å². The molecule has 5 nitrogen and oxygen atoms in total. The zero-order chi connectivity index (χ0) is 25.0. The fourth-order valence-corrected chi connectivity index (χ4v) is 6.02. The van der Waals surface area contributed by atoms with E-state index in [2.05, 4.69) is 21.2 Å². The lowest BCUT2D eigenvalue weighted by molar-refractivity contribution is -0.116. The van der Waals surface area contributed by atoms with Crippen molar-refractivity contribution in [3.63, 3.8) is 0 Å². The van der Waals surface area contributed by atoms with E-state index in [1.54, 1.807) is 12.1 Å². The average molecular weight is 605 g/mol. The molecule has 0 fully saturated rings. The second-order valence-electron chi connectivity index (χ2n) is 7.62. The molecule has 0 aliphatic rings. The molecule has 1 amide bonds. The number of benzene rings is 3. The number of hydrogen-bond acceptors (Lipinski definition) is 3. The van der Waals surface area contributed by atoms with E-state index in [4.69, 9.17) is 34.8 Å². The fourth-order valence-electron chi connectivity index (χ4n) is 3.43. The lowest BCUT2D eigenvalue weighted by atomic mass is 10.1. The molecule has 0 unspecified atom stereocenters. The van der Waals surface area contributed by atoms with Gasteiger partial charge in [-0.1, -0.05) is 63.7 Å². The smallest absolute Gasteiger partial charge is 0.243 e. The van der Waals surface area contributed by atoms with Crippen LogP contribution in [0.15, 0.2) is 64.0 Å². The van der Waals surface area contributed by atoms with Crippen molar-refractivity contribution in [2.24, 2.45) is 0 Å². The van der Waals surface area contributed by atoms with Crippen LogP contribution in [0.5, 0.6) is 0 Å². The Kier molecular flexibility index (Phi) is 9.06. The maximum absolute atomic E-state index is 13.5. The Morgan fingerprint density at radius 1 is 0.971 bits per heavy atom. The summed E-state index contributed by atoms with van der Waals surface area (Å²) >= 11 is 21.7. The van der Waals surface area contributed by atoms with Gasteiger partial charge in [-0.05, 0) is 78.6 Å². The number of aryl methyl sites for hydroxylation is 2.